The van der Waals surface area contributed by atoms with E-state index < -0.39 is 0 Å². The number of methoxy groups -OCH3 is 1. The van der Waals surface area contributed by atoms with Crippen LogP contribution in [0.2, 0.25) is 0 Å². The quantitative estimate of drug-likeness (QED) is 0.851. The molecule has 0 saturated heterocycles. The lowest BCUT2D eigenvalue weighted by Gasteiger charge is -2.17. The van der Waals surface area contributed by atoms with Gasteiger partial charge >= 0.3 is 0 Å². The molecule has 1 fully saturated rings. The average molecular weight is 235 g/mol. The first-order chi connectivity index (χ1) is 8.33. The van der Waals surface area contributed by atoms with E-state index in [1.54, 1.807) is 7.11 Å². The summed E-state index contributed by atoms with van der Waals surface area (Å²) in [4.78, 5) is 0. The summed E-state index contributed by atoms with van der Waals surface area (Å²) in [5.74, 6) is 1.88. The highest BCUT2D eigenvalue weighted by molar-refractivity contribution is 5.40. The number of nitrogens with one attached hydrogen (secondary N) is 1. The van der Waals surface area contributed by atoms with Crippen molar-refractivity contribution < 1.29 is 9.47 Å². The summed E-state index contributed by atoms with van der Waals surface area (Å²) < 4.78 is 11.3. The molecule has 0 radical (unpaired) electrons. The van der Waals surface area contributed by atoms with Crippen LogP contribution in [0, 0.1) is 0 Å². The maximum Gasteiger partial charge on any atom is 0.124 e. The third-order valence-corrected chi connectivity index (χ3v) is 3.23. The van der Waals surface area contributed by atoms with E-state index in [2.05, 4.69) is 5.32 Å². The van der Waals surface area contributed by atoms with E-state index in [0.29, 0.717) is 6.10 Å². The van der Waals surface area contributed by atoms with Crippen LogP contribution in [0.5, 0.6) is 11.5 Å². The Balaban J connectivity index is 2.12. The SMILES string of the molecule is CNCc1cc(OC)ccc1OC1CCCC1. The average Bonchev–Trinajstić information content (AvgIpc) is 2.84. The molecule has 0 aliphatic heterocycles. The van der Waals surface area contributed by atoms with Gasteiger partial charge in [-0.3, -0.25) is 0 Å². The van der Waals surface area contributed by atoms with Gasteiger partial charge in [0.05, 0.1) is 13.2 Å². The lowest BCUT2D eigenvalue weighted by Crippen LogP contribution is -2.14. The van der Waals surface area contributed by atoms with Crippen LogP contribution in [0.15, 0.2) is 18.2 Å². The number of ether oxygens (including phenoxy) is 2. The first-order valence-electron chi connectivity index (χ1n) is 6.31. The van der Waals surface area contributed by atoms with E-state index >= 15 is 0 Å². The van der Waals surface area contributed by atoms with Crippen molar-refractivity contribution in [1.29, 1.82) is 0 Å². The molecule has 0 unspecified atom stereocenters. The van der Waals surface area contributed by atoms with Crippen molar-refractivity contribution in [3.63, 3.8) is 0 Å². The molecular formula is C14H21NO2. The Kier molecular flexibility index (Phi) is 4.26. The summed E-state index contributed by atoms with van der Waals surface area (Å²) in [7, 11) is 3.63. The minimum atomic E-state index is 0.402. The molecule has 0 spiro atoms. The lowest BCUT2D eigenvalue weighted by atomic mass is 10.2. The highest BCUT2D eigenvalue weighted by Crippen LogP contribution is 2.29. The Morgan fingerprint density at radius 1 is 1.29 bits per heavy atom. The molecule has 0 amide bonds. The molecule has 3 heteroatoms. The minimum absolute atomic E-state index is 0.402. The van der Waals surface area contributed by atoms with Gasteiger partial charge in [-0.05, 0) is 50.9 Å². The smallest absolute Gasteiger partial charge is 0.124 e. The second-order valence-electron chi connectivity index (χ2n) is 4.53. The number of rotatable bonds is 5. The van der Waals surface area contributed by atoms with Gasteiger partial charge in [-0.2, -0.15) is 0 Å². The zero-order valence-electron chi connectivity index (χ0n) is 10.7. The summed E-state index contributed by atoms with van der Waals surface area (Å²) >= 11 is 0. The summed E-state index contributed by atoms with van der Waals surface area (Å²) in [6.45, 7) is 0.805. The van der Waals surface area contributed by atoms with Crippen molar-refractivity contribution in [2.75, 3.05) is 14.2 Å². The zero-order chi connectivity index (χ0) is 12.1. The van der Waals surface area contributed by atoms with E-state index in [1.807, 2.05) is 25.2 Å². The Labute approximate surface area is 103 Å². The first-order valence-corrected chi connectivity index (χ1v) is 6.31. The van der Waals surface area contributed by atoms with Gasteiger partial charge in [-0.1, -0.05) is 0 Å². The minimum Gasteiger partial charge on any atom is -0.497 e. The highest BCUT2D eigenvalue weighted by Gasteiger charge is 2.17. The third-order valence-electron chi connectivity index (χ3n) is 3.23. The lowest BCUT2D eigenvalue weighted by molar-refractivity contribution is 0.207. The standard InChI is InChI=1S/C14H21NO2/c1-15-10-11-9-13(16-2)7-8-14(11)17-12-5-3-4-6-12/h7-9,12,15H,3-6,10H2,1-2H3. The van der Waals surface area contributed by atoms with Crippen molar-refractivity contribution >= 4 is 0 Å². The predicted molar refractivity (Wildman–Crippen MR) is 68.6 cm³/mol. The van der Waals surface area contributed by atoms with Crippen molar-refractivity contribution in [3.8, 4) is 11.5 Å². The Morgan fingerprint density at radius 2 is 2.06 bits per heavy atom. The van der Waals surface area contributed by atoms with Crippen LogP contribution in [0.3, 0.4) is 0 Å². The van der Waals surface area contributed by atoms with Crippen LogP contribution < -0.4 is 14.8 Å². The van der Waals surface area contributed by atoms with Gasteiger partial charge in [0.2, 0.25) is 0 Å². The van der Waals surface area contributed by atoms with E-state index in [4.69, 9.17) is 9.47 Å². The van der Waals surface area contributed by atoms with Gasteiger partial charge < -0.3 is 14.8 Å². The Hall–Kier alpha value is -1.22. The predicted octanol–water partition coefficient (Wildman–Crippen LogP) is 2.74. The molecule has 2 rings (SSSR count). The summed E-state index contributed by atoms with van der Waals surface area (Å²) in [6.07, 6.45) is 5.36. The van der Waals surface area contributed by atoms with Crippen molar-refractivity contribution in [2.45, 2.75) is 38.3 Å². The summed E-state index contributed by atoms with van der Waals surface area (Å²) in [5.41, 5.74) is 1.17. The van der Waals surface area contributed by atoms with Gasteiger partial charge in [0.25, 0.3) is 0 Å². The van der Waals surface area contributed by atoms with Gasteiger partial charge in [-0.15, -0.1) is 0 Å². The summed E-state index contributed by atoms with van der Waals surface area (Å²) in [6, 6.07) is 6.02. The van der Waals surface area contributed by atoms with Crippen LogP contribution in [-0.2, 0) is 6.54 Å². The molecule has 1 saturated carbocycles. The molecule has 17 heavy (non-hydrogen) atoms. The van der Waals surface area contributed by atoms with Gasteiger partial charge in [0.15, 0.2) is 0 Å². The van der Waals surface area contributed by atoms with Crippen LogP contribution in [0.1, 0.15) is 31.2 Å². The second-order valence-corrected chi connectivity index (χ2v) is 4.53. The fourth-order valence-electron chi connectivity index (χ4n) is 2.31. The van der Waals surface area contributed by atoms with Crippen LogP contribution in [0.25, 0.3) is 0 Å². The fourth-order valence-corrected chi connectivity index (χ4v) is 2.31. The van der Waals surface area contributed by atoms with Gasteiger partial charge in [-0.25, -0.2) is 0 Å². The molecule has 0 atom stereocenters. The van der Waals surface area contributed by atoms with Crippen molar-refractivity contribution in [3.05, 3.63) is 23.8 Å². The monoisotopic (exact) mass is 235 g/mol. The molecule has 0 aromatic heterocycles. The molecule has 1 N–H and O–H groups in total. The maximum absolute atomic E-state index is 6.06. The summed E-state index contributed by atoms with van der Waals surface area (Å²) in [5, 5.41) is 3.17. The van der Waals surface area contributed by atoms with Crippen LogP contribution >= 0.6 is 0 Å². The van der Waals surface area contributed by atoms with Gasteiger partial charge in [0.1, 0.15) is 11.5 Å². The number of hydrogen-bond donors (Lipinski definition) is 1. The molecular weight excluding hydrogens is 214 g/mol. The molecule has 3 nitrogen and oxygen atoms in total. The van der Waals surface area contributed by atoms with Crippen molar-refractivity contribution in [2.24, 2.45) is 0 Å². The van der Waals surface area contributed by atoms with E-state index in [9.17, 15) is 0 Å². The maximum atomic E-state index is 6.06. The molecule has 1 aromatic carbocycles. The molecule has 1 aliphatic rings. The molecule has 0 bridgehead atoms. The number of hydrogen-bond acceptors (Lipinski definition) is 3. The van der Waals surface area contributed by atoms with E-state index in [-0.39, 0.29) is 0 Å². The zero-order valence-corrected chi connectivity index (χ0v) is 10.7. The first kappa shape index (κ1) is 12.2. The number of benzene rings is 1. The van der Waals surface area contributed by atoms with Gasteiger partial charge in [0, 0.05) is 12.1 Å². The molecule has 0 heterocycles. The molecule has 1 aliphatic carbocycles. The Bertz CT molecular complexity index is 359. The second kappa shape index (κ2) is 5.92. The van der Waals surface area contributed by atoms with Crippen molar-refractivity contribution in [1.82, 2.24) is 5.32 Å². The molecule has 94 valence electrons. The third kappa shape index (κ3) is 3.13. The van der Waals surface area contributed by atoms with E-state index in [1.165, 1.54) is 31.2 Å². The highest BCUT2D eigenvalue weighted by atomic mass is 16.5. The normalized spacial score (nSPS) is 16.1. The fraction of sp³-hybridized carbons (Fsp3) is 0.571. The topological polar surface area (TPSA) is 30.5 Å². The van der Waals surface area contributed by atoms with Crippen LogP contribution in [0.4, 0.5) is 0 Å². The van der Waals surface area contributed by atoms with Crippen LogP contribution in [-0.4, -0.2) is 20.3 Å². The van der Waals surface area contributed by atoms with E-state index in [0.717, 1.165) is 18.0 Å². The molecule has 1 aromatic rings. The Morgan fingerprint density at radius 3 is 2.71 bits per heavy atom. The largest absolute Gasteiger partial charge is 0.497 e.